The van der Waals surface area contributed by atoms with Crippen LogP contribution < -0.4 is 5.32 Å². The van der Waals surface area contributed by atoms with Gasteiger partial charge in [0.1, 0.15) is 16.3 Å². The fraction of sp³-hybridized carbons (Fsp3) is 0.167. The van der Waals surface area contributed by atoms with E-state index in [1.54, 1.807) is 0 Å². The molecule has 2 rings (SSSR count). The molecule has 0 bridgehead atoms. The van der Waals surface area contributed by atoms with Crippen molar-refractivity contribution in [1.82, 2.24) is 9.55 Å². The predicted octanol–water partition coefficient (Wildman–Crippen LogP) is 1.72. The number of thiol groups is 1. The van der Waals surface area contributed by atoms with E-state index in [9.17, 15) is 26.4 Å². The fourth-order valence-electron chi connectivity index (χ4n) is 1.80. The van der Waals surface area contributed by atoms with Gasteiger partial charge in [0.2, 0.25) is 0 Å². The fourth-order valence-corrected chi connectivity index (χ4v) is 2.34. The molecule has 22 heavy (non-hydrogen) atoms. The van der Waals surface area contributed by atoms with Crippen LogP contribution in [0, 0.1) is 5.82 Å². The Morgan fingerprint density at radius 2 is 2.09 bits per heavy atom. The van der Waals surface area contributed by atoms with Crippen LogP contribution in [0.2, 0.25) is 0 Å². The molecule has 10 heteroatoms. The third-order valence-corrected chi connectivity index (χ3v) is 3.48. The molecule has 0 aliphatic carbocycles. The molecule has 1 amide bonds. The summed E-state index contributed by atoms with van der Waals surface area (Å²) in [6.45, 7) is 0. The van der Waals surface area contributed by atoms with Crippen LogP contribution in [-0.2, 0) is 17.8 Å². The first kappa shape index (κ1) is 16.0. The number of nitrogens with zero attached hydrogens (tertiary/aromatic N) is 2. The Morgan fingerprint density at radius 1 is 1.41 bits per heavy atom. The lowest BCUT2D eigenvalue weighted by molar-refractivity contribution is 0.101. The minimum atomic E-state index is -3.19. The summed E-state index contributed by atoms with van der Waals surface area (Å²) in [7, 11) is -1.91. The smallest absolute Gasteiger partial charge is 0.280 e. The molecule has 0 aliphatic rings. The van der Waals surface area contributed by atoms with E-state index in [0.717, 1.165) is 23.0 Å². The third-order valence-electron chi connectivity index (χ3n) is 2.78. The Balaban J connectivity index is 2.32. The zero-order valence-electron chi connectivity index (χ0n) is 11.1. The van der Waals surface area contributed by atoms with Crippen LogP contribution in [0.15, 0.2) is 29.4 Å². The number of rotatable bonds is 4. The van der Waals surface area contributed by atoms with E-state index in [-0.39, 0.29) is 5.69 Å². The molecule has 0 spiro atoms. The molecule has 1 N–H and O–H groups in total. The number of hydrogen-bond acceptors (Lipinski definition) is 4. The average Bonchev–Trinajstić information content (AvgIpc) is 2.74. The van der Waals surface area contributed by atoms with Gasteiger partial charge in [-0.2, -0.15) is 0 Å². The quantitative estimate of drug-likeness (QED) is 0.835. The topological polar surface area (TPSA) is 81.1 Å². The summed E-state index contributed by atoms with van der Waals surface area (Å²) in [6.07, 6.45) is -0.800. The molecule has 118 valence electrons. The van der Waals surface area contributed by atoms with Crippen LogP contribution in [0.4, 0.5) is 18.9 Å². The maximum atomic E-state index is 13.9. The number of anilines is 1. The van der Waals surface area contributed by atoms with E-state index < -0.39 is 45.1 Å². The van der Waals surface area contributed by atoms with Gasteiger partial charge in [0, 0.05) is 25.1 Å². The molecule has 2 aromatic heterocycles. The lowest BCUT2D eigenvalue weighted by Gasteiger charge is -2.07. The molecule has 0 saturated carbocycles. The predicted molar refractivity (Wildman–Crippen MR) is 71.1 cm³/mol. The van der Waals surface area contributed by atoms with Crippen molar-refractivity contribution in [3.8, 4) is 0 Å². The lowest BCUT2D eigenvalue weighted by Crippen LogP contribution is -2.17. The second-order valence-electron chi connectivity index (χ2n) is 4.27. The minimum absolute atomic E-state index is 0.0102. The van der Waals surface area contributed by atoms with Crippen LogP contribution in [0.5, 0.6) is 0 Å². The number of nitrogens with one attached hydrogen (secondary N) is 1. The highest BCUT2D eigenvalue weighted by atomic mass is 32.2. The van der Waals surface area contributed by atoms with Gasteiger partial charge in [-0.1, -0.05) is 0 Å². The van der Waals surface area contributed by atoms with Gasteiger partial charge in [0.15, 0.2) is 16.5 Å². The van der Waals surface area contributed by atoms with Crippen LogP contribution in [0.25, 0.3) is 0 Å². The van der Waals surface area contributed by atoms with E-state index in [2.05, 4.69) is 10.3 Å². The highest BCUT2D eigenvalue weighted by Gasteiger charge is 2.22. The summed E-state index contributed by atoms with van der Waals surface area (Å²) in [4.78, 5) is 14.8. The average molecular weight is 333 g/mol. The van der Waals surface area contributed by atoms with Crippen LogP contribution in [0.1, 0.15) is 22.6 Å². The molecule has 2 heterocycles. The van der Waals surface area contributed by atoms with E-state index in [4.69, 9.17) is 0 Å². The number of hydrogen-bond donors (Lipinski definition) is 2. The normalized spacial score (nSPS) is 11.2. The SMILES string of the molecule is Cn1cc([SH](=O)=O)c(F)c1C(=O)Nc1ccnc(C(F)F)c1. The number of pyridine rings is 1. The van der Waals surface area contributed by atoms with E-state index in [1.807, 2.05) is 0 Å². The van der Waals surface area contributed by atoms with Gasteiger partial charge in [0.05, 0.1) is 0 Å². The van der Waals surface area contributed by atoms with Crippen molar-refractivity contribution in [2.45, 2.75) is 11.3 Å². The van der Waals surface area contributed by atoms with Crippen molar-refractivity contribution in [2.24, 2.45) is 7.05 Å². The highest BCUT2D eigenvalue weighted by molar-refractivity contribution is 7.72. The molecule has 0 aromatic carbocycles. The summed E-state index contributed by atoms with van der Waals surface area (Å²) in [5.74, 6) is -2.16. The summed E-state index contributed by atoms with van der Waals surface area (Å²) < 4.78 is 61.6. The second kappa shape index (κ2) is 6.18. The Kier molecular flexibility index (Phi) is 4.50. The number of aromatic nitrogens is 2. The van der Waals surface area contributed by atoms with Crippen molar-refractivity contribution in [1.29, 1.82) is 0 Å². The lowest BCUT2D eigenvalue weighted by atomic mass is 10.3. The Morgan fingerprint density at radius 3 is 2.64 bits per heavy atom. The zero-order chi connectivity index (χ0) is 16.4. The molecule has 6 nitrogen and oxygen atoms in total. The first-order valence-corrected chi connectivity index (χ1v) is 7.03. The number of amides is 1. The van der Waals surface area contributed by atoms with Gasteiger partial charge < -0.3 is 9.88 Å². The number of alkyl halides is 2. The standard InChI is InChI=1S/C12H10F3N3O3S/c1-18-5-8(22(20)21)9(13)10(18)12(19)17-6-2-3-16-7(4-6)11(14)15/h2-5,11,22H,1H3,(H,16,17,19). The molecule has 0 saturated heterocycles. The van der Waals surface area contributed by atoms with Crippen LogP contribution >= 0.6 is 0 Å². The van der Waals surface area contributed by atoms with Gasteiger partial charge in [-0.15, -0.1) is 0 Å². The molecular weight excluding hydrogens is 323 g/mol. The van der Waals surface area contributed by atoms with E-state index in [0.29, 0.717) is 0 Å². The monoisotopic (exact) mass is 333 g/mol. The van der Waals surface area contributed by atoms with E-state index in [1.165, 1.54) is 13.1 Å². The number of halogens is 3. The van der Waals surface area contributed by atoms with Crippen molar-refractivity contribution in [3.05, 3.63) is 41.7 Å². The Hall–Kier alpha value is -2.36. The van der Waals surface area contributed by atoms with Gasteiger partial charge in [-0.05, 0) is 12.1 Å². The number of carbonyl (C=O) groups is 1. The van der Waals surface area contributed by atoms with E-state index >= 15 is 0 Å². The zero-order valence-corrected chi connectivity index (χ0v) is 12.0. The highest BCUT2D eigenvalue weighted by Crippen LogP contribution is 2.21. The molecule has 0 fully saturated rings. The van der Waals surface area contributed by atoms with Gasteiger partial charge in [-0.3, -0.25) is 9.78 Å². The van der Waals surface area contributed by atoms with Crippen molar-refractivity contribution >= 4 is 22.3 Å². The Labute approximate surface area is 124 Å². The number of carbonyl (C=O) groups excluding carboxylic acids is 1. The molecule has 0 radical (unpaired) electrons. The summed E-state index contributed by atoms with van der Waals surface area (Å²) in [5, 5.41) is 2.22. The molecule has 0 unspecified atom stereocenters. The summed E-state index contributed by atoms with van der Waals surface area (Å²) in [5.41, 5.74) is -1.08. The molecule has 0 aliphatic heterocycles. The molecular formula is C12H10F3N3O3S. The first-order valence-electron chi connectivity index (χ1n) is 5.86. The molecule has 2 aromatic rings. The largest absolute Gasteiger partial charge is 0.343 e. The van der Waals surface area contributed by atoms with Crippen LogP contribution in [-0.4, -0.2) is 23.9 Å². The van der Waals surface area contributed by atoms with Crippen molar-refractivity contribution in [3.63, 3.8) is 0 Å². The maximum absolute atomic E-state index is 13.9. The third kappa shape index (κ3) is 3.11. The molecule has 0 atom stereocenters. The van der Waals surface area contributed by atoms with Gasteiger partial charge in [0.25, 0.3) is 12.3 Å². The van der Waals surface area contributed by atoms with Crippen LogP contribution in [0.3, 0.4) is 0 Å². The Bertz CT molecular complexity index is 794. The minimum Gasteiger partial charge on any atom is -0.343 e. The summed E-state index contributed by atoms with van der Waals surface area (Å²) >= 11 is 0. The van der Waals surface area contributed by atoms with Crippen molar-refractivity contribution in [2.75, 3.05) is 5.32 Å². The summed E-state index contributed by atoms with van der Waals surface area (Å²) in [6, 6.07) is 2.19. The second-order valence-corrected chi connectivity index (χ2v) is 5.27. The van der Waals surface area contributed by atoms with Gasteiger partial charge >= 0.3 is 0 Å². The first-order chi connectivity index (χ1) is 10.3. The maximum Gasteiger partial charge on any atom is 0.280 e. The number of aryl methyl sites for hydroxylation is 1. The van der Waals surface area contributed by atoms with Gasteiger partial charge in [-0.25, -0.2) is 21.6 Å². The van der Waals surface area contributed by atoms with Crippen molar-refractivity contribution < 1.29 is 26.4 Å².